The minimum atomic E-state index is -0.681. The molecular formula is C19H16Cl2N2O4. The highest BCUT2D eigenvalue weighted by molar-refractivity contribution is 6.42. The van der Waals surface area contributed by atoms with Gasteiger partial charge in [-0.05, 0) is 48.9 Å². The number of aromatic nitrogens is 2. The number of carbonyl (C=O) groups is 1. The number of benzene rings is 2. The second-order valence-corrected chi connectivity index (χ2v) is 6.55. The number of rotatable bonds is 6. The van der Waals surface area contributed by atoms with Crippen molar-refractivity contribution in [2.45, 2.75) is 19.4 Å². The van der Waals surface area contributed by atoms with Gasteiger partial charge in [-0.1, -0.05) is 29.3 Å². The first kappa shape index (κ1) is 19.2. The fourth-order valence-electron chi connectivity index (χ4n) is 2.35. The maximum Gasteiger partial charge on any atom is 0.311 e. The van der Waals surface area contributed by atoms with Gasteiger partial charge in [-0.2, -0.15) is 0 Å². The number of carbonyl (C=O) groups excluding carboxylic acids is 1. The van der Waals surface area contributed by atoms with Crippen molar-refractivity contribution in [3.63, 3.8) is 0 Å². The first-order valence-corrected chi connectivity index (χ1v) is 8.83. The lowest BCUT2D eigenvalue weighted by Crippen LogP contribution is -2.11. The van der Waals surface area contributed by atoms with E-state index in [4.69, 9.17) is 37.1 Å². The van der Waals surface area contributed by atoms with Gasteiger partial charge in [-0.25, -0.2) is 0 Å². The van der Waals surface area contributed by atoms with Crippen LogP contribution in [0.3, 0.4) is 0 Å². The van der Waals surface area contributed by atoms with Crippen LogP contribution in [-0.4, -0.2) is 23.3 Å². The molecule has 0 N–H and O–H groups in total. The van der Waals surface area contributed by atoms with Crippen LogP contribution in [0.5, 0.6) is 5.75 Å². The molecule has 0 unspecified atom stereocenters. The molecule has 0 saturated heterocycles. The first-order chi connectivity index (χ1) is 13.0. The molecule has 6 nitrogen and oxygen atoms in total. The fourth-order valence-corrected chi connectivity index (χ4v) is 2.68. The Labute approximate surface area is 166 Å². The Morgan fingerprint density at radius 1 is 1.11 bits per heavy atom. The van der Waals surface area contributed by atoms with Crippen molar-refractivity contribution in [2.75, 3.05) is 7.11 Å². The molecule has 0 bridgehead atoms. The summed E-state index contributed by atoms with van der Waals surface area (Å²) in [5.41, 5.74) is 1.44. The summed E-state index contributed by atoms with van der Waals surface area (Å²) < 4.78 is 16.1. The Morgan fingerprint density at radius 3 is 2.52 bits per heavy atom. The molecule has 0 aliphatic rings. The van der Waals surface area contributed by atoms with Gasteiger partial charge in [-0.3, -0.25) is 4.79 Å². The molecule has 27 heavy (non-hydrogen) atoms. The zero-order valence-electron chi connectivity index (χ0n) is 14.6. The van der Waals surface area contributed by atoms with E-state index in [0.717, 1.165) is 11.3 Å². The van der Waals surface area contributed by atoms with Gasteiger partial charge >= 0.3 is 5.97 Å². The van der Waals surface area contributed by atoms with Crippen molar-refractivity contribution in [2.24, 2.45) is 0 Å². The molecule has 1 atom stereocenters. The Balaban J connectivity index is 1.63. The first-order valence-electron chi connectivity index (χ1n) is 8.07. The van der Waals surface area contributed by atoms with Crippen LogP contribution in [0.15, 0.2) is 46.9 Å². The highest BCUT2D eigenvalue weighted by atomic mass is 35.5. The molecule has 0 radical (unpaired) electrons. The number of esters is 1. The average molecular weight is 407 g/mol. The molecule has 0 fully saturated rings. The predicted octanol–water partition coefficient (Wildman–Crippen LogP) is 4.90. The molecule has 3 aromatic rings. The van der Waals surface area contributed by atoms with E-state index < -0.39 is 12.1 Å². The van der Waals surface area contributed by atoms with E-state index in [9.17, 15) is 4.79 Å². The molecule has 1 aromatic heterocycles. The van der Waals surface area contributed by atoms with Crippen molar-refractivity contribution in [3.05, 3.63) is 64.0 Å². The highest BCUT2D eigenvalue weighted by Crippen LogP contribution is 2.25. The van der Waals surface area contributed by atoms with Crippen LogP contribution in [0.25, 0.3) is 11.5 Å². The number of ether oxygens (including phenoxy) is 2. The largest absolute Gasteiger partial charge is 0.497 e. The van der Waals surface area contributed by atoms with Crippen molar-refractivity contribution >= 4 is 29.2 Å². The fraction of sp³-hybridized carbons (Fsp3) is 0.211. The molecule has 8 heteroatoms. The molecule has 2 aromatic carbocycles. The zero-order valence-corrected chi connectivity index (χ0v) is 16.1. The molecule has 0 aliphatic heterocycles. The summed E-state index contributed by atoms with van der Waals surface area (Å²) in [7, 11) is 1.59. The van der Waals surface area contributed by atoms with Crippen LogP contribution in [0.4, 0.5) is 0 Å². The molecular weight excluding hydrogens is 391 g/mol. The van der Waals surface area contributed by atoms with E-state index in [1.165, 1.54) is 0 Å². The van der Waals surface area contributed by atoms with Crippen LogP contribution in [0, 0.1) is 0 Å². The second-order valence-electron chi connectivity index (χ2n) is 5.73. The van der Waals surface area contributed by atoms with Gasteiger partial charge in [0, 0.05) is 5.56 Å². The van der Waals surface area contributed by atoms with Crippen molar-refractivity contribution < 1.29 is 18.7 Å². The van der Waals surface area contributed by atoms with Crippen LogP contribution >= 0.6 is 23.2 Å². The third-order valence-corrected chi connectivity index (χ3v) is 4.51. The summed E-state index contributed by atoms with van der Waals surface area (Å²) in [6.07, 6.45) is -0.625. The lowest BCUT2D eigenvalue weighted by atomic mass is 10.1. The smallest absolute Gasteiger partial charge is 0.311 e. The quantitative estimate of drug-likeness (QED) is 0.541. The molecule has 3 rings (SSSR count). The van der Waals surface area contributed by atoms with E-state index in [1.54, 1.807) is 56.5 Å². The summed E-state index contributed by atoms with van der Waals surface area (Å²) >= 11 is 11.8. The van der Waals surface area contributed by atoms with Crippen LogP contribution < -0.4 is 4.74 Å². The number of hydrogen-bond donors (Lipinski definition) is 0. The normalized spacial score (nSPS) is 11.9. The minimum absolute atomic E-state index is 0.0563. The Hall–Kier alpha value is -2.57. The Bertz CT molecular complexity index is 941. The molecule has 0 aliphatic carbocycles. The molecule has 1 heterocycles. The van der Waals surface area contributed by atoms with Crippen LogP contribution in [-0.2, 0) is 16.0 Å². The summed E-state index contributed by atoms with van der Waals surface area (Å²) in [5.74, 6) is 0.830. The molecule has 0 amide bonds. The lowest BCUT2D eigenvalue weighted by Gasteiger charge is -2.09. The van der Waals surface area contributed by atoms with Crippen LogP contribution in [0.2, 0.25) is 10.0 Å². The minimum Gasteiger partial charge on any atom is -0.497 e. The van der Waals surface area contributed by atoms with Gasteiger partial charge in [0.1, 0.15) is 5.75 Å². The summed E-state index contributed by atoms with van der Waals surface area (Å²) in [5, 5.41) is 8.77. The third kappa shape index (κ3) is 4.78. The second kappa shape index (κ2) is 8.41. The number of hydrogen-bond acceptors (Lipinski definition) is 6. The van der Waals surface area contributed by atoms with Gasteiger partial charge in [0.05, 0.1) is 23.6 Å². The third-order valence-electron chi connectivity index (χ3n) is 3.77. The molecule has 0 spiro atoms. The molecule has 0 saturated carbocycles. The van der Waals surface area contributed by atoms with Gasteiger partial charge in [0.2, 0.25) is 5.89 Å². The highest BCUT2D eigenvalue weighted by Gasteiger charge is 2.19. The van der Waals surface area contributed by atoms with E-state index in [-0.39, 0.29) is 12.3 Å². The summed E-state index contributed by atoms with van der Waals surface area (Å²) in [6, 6.07) is 12.2. The Kier molecular flexibility index (Phi) is 5.98. The maximum atomic E-state index is 12.1. The predicted molar refractivity (Wildman–Crippen MR) is 101 cm³/mol. The monoisotopic (exact) mass is 406 g/mol. The zero-order chi connectivity index (χ0) is 19.4. The van der Waals surface area contributed by atoms with Gasteiger partial charge < -0.3 is 13.9 Å². The van der Waals surface area contributed by atoms with Crippen LogP contribution in [0.1, 0.15) is 24.5 Å². The van der Waals surface area contributed by atoms with Gasteiger partial charge in [-0.15, -0.1) is 10.2 Å². The number of methoxy groups -OCH3 is 1. The average Bonchev–Trinajstić information content (AvgIpc) is 3.15. The van der Waals surface area contributed by atoms with E-state index in [0.29, 0.717) is 21.5 Å². The van der Waals surface area contributed by atoms with Gasteiger partial charge in [0.25, 0.3) is 5.89 Å². The molecule has 140 valence electrons. The summed E-state index contributed by atoms with van der Waals surface area (Å²) in [4.78, 5) is 12.1. The lowest BCUT2D eigenvalue weighted by molar-refractivity contribution is -0.148. The van der Waals surface area contributed by atoms with Crippen molar-refractivity contribution in [3.8, 4) is 17.2 Å². The number of nitrogens with zero attached hydrogens (tertiary/aromatic N) is 2. The maximum absolute atomic E-state index is 12.1. The SMILES string of the molecule is COc1ccc(-c2nnc([C@@H](C)OC(=O)Cc3ccc(Cl)c(Cl)c3)o2)cc1. The van der Waals surface area contributed by atoms with E-state index in [1.807, 2.05) is 0 Å². The van der Waals surface area contributed by atoms with E-state index in [2.05, 4.69) is 10.2 Å². The standard InChI is InChI=1S/C19H16Cl2N2O4/c1-11(26-17(24)10-12-3-8-15(20)16(21)9-12)18-22-23-19(27-18)13-4-6-14(25-2)7-5-13/h3-9,11H,10H2,1-2H3/t11-/m1/s1. The Morgan fingerprint density at radius 2 is 1.85 bits per heavy atom. The van der Waals surface area contributed by atoms with E-state index >= 15 is 0 Å². The van der Waals surface area contributed by atoms with Crippen molar-refractivity contribution in [1.29, 1.82) is 0 Å². The van der Waals surface area contributed by atoms with Gasteiger partial charge in [0.15, 0.2) is 6.10 Å². The van der Waals surface area contributed by atoms with Crippen molar-refractivity contribution in [1.82, 2.24) is 10.2 Å². The topological polar surface area (TPSA) is 74.5 Å². The number of halogens is 2. The summed E-state index contributed by atoms with van der Waals surface area (Å²) in [6.45, 7) is 1.66.